The van der Waals surface area contributed by atoms with Crippen molar-refractivity contribution in [3.8, 4) is 6.07 Å². The number of halogens is 1. The lowest BCUT2D eigenvalue weighted by Crippen LogP contribution is -2.10. The number of benzene rings is 1. The Labute approximate surface area is 92.0 Å². The van der Waals surface area contributed by atoms with E-state index < -0.39 is 12.3 Å². The lowest BCUT2D eigenvalue weighted by molar-refractivity contribution is 0.0544. The molecule has 0 amide bonds. The molecule has 0 N–H and O–H groups in total. The van der Waals surface area contributed by atoms with Gasteiger partial charge >= 0.3 is 6.16 Å². The van der Waals surface area contributed by atoms with Gasteiger partial charge in [0.2, 0.25) is 6.10 Å². The summed E-state index contributed by atoms with van der Waals surface area (Å²) in [7, 11) is 1.17. The SMILES string of the molecule is COC(=O)O[C@H](C#N)c1ccccc1Cl. The second-order valence-electron chi connectivity index (χ2n) is 2.60. The Balaban J connectivity index is 2.89. The fourth-order valence-electron chi connectivity index (χ4n) is 0.991. The van der Waals surface area contributed by atoms with Gasteiger partial charge in [0.15, 0.2) is 0 Å². The Bertz CT molecular complexity index is 400. The normalized spacial score (nSPS) is 11.3. The van der Waals surface area contributed by atoms with Gasteiger partial charge in [0.05, 0.1) is 7.11 Å². The van der Waals surface area contributed by atoms with Crippen LogP contribution in [0.2, 0.25) is 5.02 Å². The molecule has 0 aliphatic carbocycles. The Morgan fingerprint density at radius 3 is 2.73 bits per heavy atom. The minimum absolute atomic E-state index is 0.368. The molecule has 1 aromatic rings. The third-order valence-corrected chi connectivity index (χ3v) is 2.03. The van der Waals surface area contributed by atoms with Crippen LogP contribution in [0.4, 0.5) is 4.79 Å². The molecule has 1 atom stereocenters. The van der Waals surface area contributed by atoms with Crippen molar-refractivity contribution in [3.63, 3.8) is 0 Å². The summed E-state index contributed by atoms with van der Waals surface area (Å²) in [5.74, 6) is 0. The molecule has 15 heavy (non-hydrogen) atoms. The van der Waals surface area contributed by atoms with E-state index in [-0.39, 0.29) is 0 Å². The van der Waals surface area contributed by atoms with E-state index in [1.54, 1.807) is 24.3 Å². The third kappa shape index (κ3) is 2.86. The Morgan fingerprint density at radius 1 is 1.53 bits per heavy atom. The highest BCUT2D eigenvalue weighted by Gasteiger charge is 2.18. The molecule has 0 fully saturated rings. The van der Waals surface area contributed by atoms with Gasteiger partial charge in [-0.3, -0.25) is 0 Å². The molecule has 0 saturated heterocycles. The number of carbonyl (C=O) groups excluding carboxylic acids is 1. The van der Waals surface area contributed by atoms with E-state index in [0.717, 1.165) is 0 Å². The van der Waals surface area contributed by atoms with Gasteiger partial charge in [-0.25, -0.2) is 4.79 Å². The lowest BCUT2D eigenvalue weighted by atomic mass is 10.1. The average molecular weight is 226 g/mol. The number of carbonyl (C=O) groups is 1. The average Bonchev–Trinajstić information content (AvgIpc) is 2.26. The summed E-state index contributed by atoms with van der Waals surface area (Å²) < 4.78 is 9.00. The number of hydrogen-bond donors (Lipinski definition) is 0. The summed E-state index contributed by atoms with van der Waals surface area (Å²) in [6, 6.07) is 8.46. The molecule has 0 aliphatic heterocycles. The van der Waals surface area contributed by atoms with Crippen LogP contribution < -0.4 is 0 Å². The first-order valence-electron chi connectivity index (χ1n) is 4.07. The Hall–Kier alpha value is -1.73. The van der Waals surface area contributed by atoms with Crippen molar-refractivity contribution in [1.82, 2.24) is 0 Å². The first kappa shape index (κ1) is 11.3. The summed E-state index contributed by atoms with van der Waals surface area (Å²) in [5.41, 5.74) is 0.437. The molecule has 78 valence electrons. The highest BCUT2D eigenvalue weighted by Crippen LogP contribution is 2.25. The number of nitriles is 1. The van der Waals surface area contributed by atoms with Crippen LogP contribution in [0.3, 0.4) is 0 Å². The molecule has 0 aliphatic rings. The molecule has 0 unspecified atom stereocenters. The van der Waals surface area contributed by atoms with Crippen molar-refractivity contribution >= 4 is 17.8 Å². The van der Waals surface area contributed by atoms with E-state index in [2.05, 4.69) is 4.74 Å². The number of nitrogens with zero attached hydrogens (tertiary/aromatic N) is 1. The number of hydrogen-bond acceptors (Lipinski definition) is 4. The minimum atomic E-state index is -1.05. The first-order chi connectivity index (χ1) is 7.19. The van der Waals surface area contributed by atoms with Gasteiger partial charge in [0.1, 0.15) is 6.07 Å². The van der Waals surface area contributed by atoms with Crippen LogP contribution in [0.1, 0.15) is 11.7 Å². The topological polar surface area (TPSA) is 59.3 Å². The summed E-state index contributed by atoms with van der Waals surface area (Å²) in [6.07, 6.45) is -1.97. The van der Waals surface area contributed by atoms with Crippen LogP contribution in [0.25, 0.3) is 0 Å². The molecule has 0 aromatic heterocycles. The number of ether oxygens (including phenoxy) is 2. The minimum Gasteiger partial charge on any atom is -0.438 e. The predicted molar refractivity (Wildman–Crippen MR) is 53.3 cm³/mol. The third-order valence-electron chi connectivity index (χ3n) is 1.69. The van der Waals surface area contributed by atoms with Crippen molar-refractivity contribution in [3.05, 3.63) is 34.9 Å². The highest BCUT2D eigenvalue weighted by atomic mass is 35.5. The van der Waals surface area contributed by atoms with Crippen LogP contribution in [-0.2, 0) is 9.47 Å². The smallest absolute Gasteiger partial charge is 0.438 e. The molecule has 4 nitrogen and oxygen atoms in total. The molecular weight excluding hydrogens is 218 g/mol. The Morgan fingerprint density at radius 2 is 2.20 bits per heavy atom. The molecule has 0 saturated carbocycles. The highest BCUT2D eigenvalue weighted by molar-refractivity contribution is 6.31. The second-order valence-corrected chi connectivity index (χ2v) is 3.01. The molecule has 1 aromatic carbocycles. The molecule has 0 heterocycles. The van der Waals surface area contributed by atoms with Gasteiger partial charge in [-0.15, -0.1) is 0 Å². The zero-order valence-electron chi connectivity index (χ0n) is 7.94. The summed E-state index contributed by atoms with van der Waals surface area (Å²) in [4.78, 5) is 10.8. The molecule has 1 rings (SSSR count). The van der Waals surface area contributed by atoms with Crippen LogP contribution in [0.5, 0.6) is 0 Å². The standard InChI is InChI=1S/C10H8ClNO3/c1-14-10(13)15-9(6-12)7-4-2-3-5-8(7)11/h2-5,9H,1H3/t9-/m1/s1. The first-order valence-corrected chi connectivity index (χ1v) is 4.45. The van der Waals surface area contributed by atoms with Gasteiger partial charge < -0.3 is 9.47 Å². The quantitative estimate of drug-likeness (QED) is 0.726. The van der Waals surface area contributed by atoms with Crippen LogP contribution >= 0.6 is 11.6 Å². The fourth-order valence-corrected chi connectivity index (χ4v) is 1.23. The van der Waals surface area contributed by atoms with E-state index in [4.69, 9.17) is 21.6 Å². The van der Waals surface area contributed by atoms with Gasteiger partial charge in [-0.2, -0.15) is 5.26 Å². The number of rotatable bonds is 2. The van der Waals surface area contributed by atoms with Crippen LogP contribution in [0.15, 0.2) is 24.3 Å². The zero-order chi connectivity index (χ0) is 11.3. The van der Waals surface area contributed by atoms with Gasteiger partial charge in [0, 0.05) is 10.6 Å². The van der Waals surface area contributed by atoms with Crippen molar-refractivity contribution in [2.24, 2.45) is 0 Å². The fraction of sp³-hybridized carbons (Fsp3) is 0.200. The van der Waals surface area contributed by atoms with Gasteiger partial charge in [-0.05, 0) is 6.07 Å². The van der Waals surface area contributed by atoms with Crippen molar-refractivity contribution < 1.29 is 14.3 Å². The monoisotopic (exact) mass is 225 g/mol. The van der Waals surface area contributed by atoms with Crippen molar-refractivity contribution in [2.75, 3.05) is 7.11 Å². The van der Waals surface area contributed by atoms with Gasteiger partial charge in [0.25, 0.3) is 0 Å². The maximum Gasteiger partial charge on any atom is 0.509 e. The summed E-state index contributed by atoms with van der Waals surface area (Å²) in [6.45, 7) is 0. The van der Waals surface area contributed by atoms with E-state index in [9.17, 15) is 4.79 Å². The summed E-state index contributed by atoms with van der Waals surface area (Å²) in [5, 5.41) is 9.18. The molecular formula is C10H8ClNO3. The van der Waals surface area contributed by atoms with Crippen LogP contribution in [0, 0.1) is 11.3 Å². The number of methoxy groups -OCH3 is 1. The maximum absolute atomic E-state index is 10.8. The van der Waals surface area contributed by atoms with Crippen molar-refractivity contribution in [2.45, 2.75) is 6.10 Å². The molecule has 5 heteroatoms. The van der Waals surface area contributed by atoms with Gasteiger partial charge in [-0.1, -0.05) is 29.8 Å². The second kappa shape index (κ2) is 5.23. The molecule has 0 bridgehead atoms. The van der Waals surface area contributed by atoms with E-state index in [0.29, 0.717) is 10.6 Å². The summed E-state index contributed by atoms with van der Waals surface area (Å²) >= 11 is 5.84. The van der Waals surface area contributed by atoms with Crippen molar-refractivity contribution in [1.29, 1.82) is 5.26 Å². The van der Waals surface area contributed by atoms with E-state index in [1.165, 1.54) is 7.11 Å². The van der Waals surface area contributed by atoms with Crippen LogP contribution in [-0.4, -0.2) is 13.3 Å². The Kier molecular flexibility index (Phi) is 3.95. The molecule has 0 radical (unpaired) electrons. The maximum atomic E-state index is 10.8. The predicted octanol–water partition coefficient (Wildman–Crippen LogP) is 2.69. The molecule has 0 spiro atoms. The zero-order valence-corrected chi connectivity index (χ0v) is 8.69. The van der Waals surface area contributed by atoms with E-state index in [1.807, 2.05) is 6.07 Å². The largest absolute Gasteiger partial charge is 0.509 e. The lowest BCUT2D eigenvalue weighted by Gasteiger charge is -2.10. The van der Waals surface area contributed by atoms with E-state index >= 15 is 0 Å².